The van der Waals surface area contributed by atoms with E-state index in [0.717, 1.165) is 19.3 Å². The summed E-state index contributed by atoms with van der Waals surface area (Å²) < 4.78 is 10.5. The lowest BCUT2D eigenvalue weighted by atomic mass is 9.84. The molecule has 2 fully saturated rings. The number of aliphatic hydroxyl groups excluding tert-OH is 1. The van der Waals surface area contributed by atoms with Gasteiger partial charge in [-0.2, -0.15) is 0 Å². The standard InChI is InChI=1S/C18H26N2O4/c1-23-12-5-6-15(24-2)13(8-12)14(21)9-20-18(22)16-10-3-4-11(7-10)17(16)19/h5-6,8,10-11,14,16-17,21H,3-4,7,9,19H2,1-2H3,(H,20,22). The molecule has 1 aromatic rings. The Morgan fingerprint density at radius 2 is 2.08 bits per heavy atom. The maximum atomic E-state index is 12.5. The number of hydrogen-bond acceptors (Lipinski definition) is 5. The third-order valence-corrected chi connectivity index (χ3v) is 5.55. The number of nitrogens with two attached hydrogens (primary N) is 1. The van der Waals surface area contributed by atoms with Crippen LogP contribution in [0.3, 0.4) is 0 Å². The average molecular weight is 334 g/mol. The van der Waals surface area contributed by atoms with Gasteiger partial charge in [-0.25, -0.2) is 0 Å². The van der Waals surface area contributed by atoms with E-state index in [1.165, 1.54) is 0 Å². The van der Waals surface area contributed by atoms with Crippen molar-refractivity contribution >= 4 is 5.91 Å². The van der Waals surface area contributed by atoms with Crippen molar-refractivity contribution in [1.29, 1.82) is 0 Å². The summed E-state index contributed by atoms with van der Waals surface area (Å²) in [5.74, 6) is 1.90. The summed E-state index contributed by atoms with van der Waals surface area (Å²) in [5, 5.41) is 13.3. The van der Waals surface area contributed by atoms with Crippen molar-refractivity contribution in [3.8, 4) is 11.5 Å². The Balaban J connectivity index is 1.63. The van der Waals surface area contributed by atoms with Gasteiger partial charge in [0.15, 0.2) is 0 Å². The second kappa shape index (κ2) is 6.99. The molecule has 6 nitrogen and oxygen atoms in total. The number of carbonyl (C=O) groups excluding carboxylic acids is 1. The minimum absolute atomic E-state index is 0.0457. The van der Waals surface area contributed by atoms with Gasteiger partial charge in [0.05, 0.1) is 26.2 Å². The van der Waals surface area contributed by atoms with Crippen LogP contribution in [0.5, 0.6) is 11.5 Å². The number of hydrogen-bond donors (Lipinski definition) is 3. The summed E-state index contributed by atoms with van der Waals surface area (Å²) in [5.41, 5.74) is 6.80. The third-order valence-electron chi connectivity index (χ3n) is 5.55. The summed E-state index contributed by atoms with van der Waals surface area (Å²) in [6, 6.07) is 5.18. The summed E-state index contributed by atoms with van der Waals surface area (Å²) in [6.45, 7) is 0.128. The van der Waals surface area contributed by atoms with Crippen molar-refractivity contribution in [3.05, 3.63) is 23.8 Å². The maximum absolute atomic E-state index is 12.5. The lowest BCUT2D eigenvalue weighted by molar-refractivity contribution is -0.127. The van der Waals surface area contributed by atoms with Crippen LogP contribution in [-0.2, 0) is 4.79 Å². The fraction of sp³-hybridized carbons (Fsp3) is 0.611. The fourth-order valence-electron chi connectivity index (χ4n) is 4.25. The number of ether oxygens (including phenoxy) is 2. The predicted molar refractivity (Wildman–Crippen MR) is 89.8 cm³/mol. The molecule has 0 aromatic heterocycles. The molecule has 0 spiro atoms. The van der Waals surface area contributed by atoms with E-state index in [-0.39, 0.29) is 24.4 Å². The Morgan fingerprint density at radius 3 is 2.71 bits per heavy atom. The Kier molecular flexibility index (Phi) is 4.96. The van der Waals surface area contributed by atoms with Gasteiger partial charge in [-0.05, 0) is 49.3 Å². The molecule has 0 heterocycles. The van der Waals surface area contributed by atoms with Gasteiger partial charge in [0.2, 0.25) is 5.91 Å². The van der Waals surface area contributed by atoms with Crippen LogP contribution in [0.2, 0.25) is 0 Å². The van der Waals surface area contributed by atoms with Gasteiger partial charge in [0.25, 0.3) is 0 Å². The van der Waals surface area contributed by atoms with Crippen molar-refractivity contribution in [2.75, 3.05) is 20.8 Å². The van der Waals surface area contributed by atoms with Gasteiger partial charge in [-0.3, -0.25) is 4.79 Å². The van der Waals surface area contributed by atoms with Crippen molar-refractivity contribution in [2.45, 2.75) is 31.4 Å². The summed E-state index contributed by atoms with van der Waals surface area (Å²) in [7, 11) is 3.11. The van der Waals surface area contributed by atoms with Crippen LogP contribution in [0, 0.1) is 17.8 Å². The van der Waals surface area contributed by atoms with Crippen LogP contribution in [0.25, 0.3) is 0 Å². The smallest absolute Gasteiger partial charge is 0.225 e. The molecular formula is C18H26N2O4. The van der Waals surface area contributed by atoms with Crippen LogP contribution in [-0.4, -0.2) is 37.8 Å². The molecule has 1 aromatic carbocycles. The van der Waals surface area contributed by atoms with Gasteiger partial charge in [0, 0.05) is 18.2 Å². The largest absolute Gasteiger partial charge is 0.497 e. The highest BCUT2D eigenvalue weighted by Crippen LogP contribution is 2.47. The van der Waals surface area contributed by atoms with Crippen molar-refractivity contribution in [2.24, 2.45) is 23.5 Å². The Bertz CT molecular complexity index is 605. The van der Waals surface area contributed by atoms with Gasteiger partial charge >= 0.3 is 0 Å². The molecule has 132 valence electrons. The number of fused-ring (bicyclic) bond motifs is 2. The van der Waals surface area contributed by atoms with Gasteiger partial charge in [-0.1, -0.05) is 0 Å². The molecule has 6 heteroatoms. The minimum atomic E-state index is -0.867. The van der Waals surface area contributed by atoms with Crippen molar-refractivity contribution in [1.82, 2.24) is 5.32 Å². The number of nitrogens with one attached hydrogen (secondary N) is 1. The Hall–Kier alpha value is -1.79. The van der Waals surface area contributed by atoms with Gasteiger partial charge in [0.1, 0.15) is 11.5 Å². The summed E-state index contributed by atoms with van der Waals surface area (Å²) >= 11 is 0. The molecular weight excluding hydrogens is 308 g/mol. The second-order valence-electron chi connectivity index (χ2n) is 6.81. The molecule has 3 rings (SSSR count). The SMILES string of the molecule is COc1ccc(OC)c(C(O)CNC(=O)C2C3CCC(C3)C2N)c1. The van der Waals surface area contributed by atoms with E-state index < -0.39 is 6.10 Å². The molecule has 2 aliphatic rings. The summed E-state index contributed by atoms with van der Waals surface area (Å²) in [6.07, 6.45) is 2.42. The van der Waals surface area contributed by atoms with E-state index in [4.69, 9.17) is 15.2 Å². The molecule has 0 aliphatic heterocycles. The lowest BCUT2D eigenvalue weighted by Crippen LogP contribution is -2.46. The zero-order chi connectivity index (χ0) is 17.3. The second-order valence-corrected chi connectivity index (χ2v) is 6.81. The predicted octanol–water partition coefficient (Wildman–Crippen LogP) is 1.23. The zero-order valence-corrected chi connectivity index (χ0v) is 14.2. The Labute approximate surface area is 142 Å². The van der Waals surface area contributed by atoms with Gasteiger partial charge in [-0.15, -0.1) is 0 Å². The number of carbonyl (C=O) groups is 1. The molecule has 2 saturated carbocycles. The van der Waals surface area contributed by atoms with Crippen LogP contribution in [0.1, 0.15) is 30.9 Å². The van der Waals surface area contributed by atoms with E-state index >= 15 is 0 Å². The van der Waals surface area contributed by atoms with Crippen molar-refractivity contribution < 1.29 is 19.4 Å². The van der Waals surface area contributed by atoms with Crippen LogP contribution < -0.4 is 20.5 Å². The van der Waals surface area contributed by atoms with Crippen LogP contribution >= 0.6 is 0 Å². The highest BCUT2D eigenvalue weighted by molar-refractivity contribution is 5.80. The van der Waals surface area contributed by atoms with E-state index in [2.05, 4.69) is 5.32 Å². The average Bonchev–Trinajstić information content (AvgIpc) is 3.19. The zero-order valence-electron chi connectivity index (χ0n) is 14.2. The monoisotopic (exact) mass is 334 g/mol. The van der Waals surface area contributed by atoms with Crippen LogP contribution in [0.4, 0.5) is 0 Å². The first-order valence-electron chi connectivity index (χ1n) is 8.48. The minimum Gasteiger partial charge on any atom is -0.497 e. The van der Waals surface area contributed by atoms with E-state index in [1.807, 2.05) is 0 Å². The topological polar surface area (TPSA) is 93.8 Å². The first-order chi connectivity index (χ1) is 11.5. The molecule has 2 bridgehead atoms. The van der Waals surface area contributed by atoms with E-state index in [9.17, 15) is 9.90 Å². The molecule has 0 saturated heterocycles. The van der Waals surface area contributed by atoms with Gasteiger partial charge < -0.3 is 25.6 Å². The number of aliphatic hydroxyl groups is 1. The Morgan fingerprint density at radius 1 is 1.33 bits per heavy atom. The number of amides is 1. The highest BCUT2D eigenvalue weighted by atomic mass is 16.5. The number of benzene rings is 1. The van der Waals surface area contributed by atoms with E-state index in [1.54, 1.807) is 32.4 Å². The molecule has 1 amide bonds. The molecule has 4 N–H and O–H groups in total. The quantitative estimate of drug-likeness (QED) is 0.727. The summed E-state index contributed by atoms with van der Waals surface area (Å²) in [4.78, 5) is 12.5. The normalized spacial score (nSPS) is 29.3. The van der Waals surface area contributed by atoms with Crippen molar-refractivity contribution in [3.63, 3.8) is 0 Å². The fourth-order valence-corrected chi connectivity index (χ4v) is 4.25. The van der Waals surface area contributed by atoms with Crippen LogP contribution in [0.15, 0.2) is 18.2 Å². The maximum Gasteiger partial charge on any atom is 0.225 e. The highest BCUT2D eigenvalue weighted by Gasteiger charge is 2.49. The third kappa shape index (κ3) is 3.08. The number of methoxy groups -OCH3 is 2. The number of rotatable bonds is 6. The molecule has 5 unspecified atom stereocenters. The first-order valence-corrected chi connectivity index (χ1v) is 8.48. The molecule has 5 atom stereocenters. The first kappa shape index (κ1) is 17.0. The lowest BCUT2D eigenvalue weighted by Gasteiger charge is -2.27. The molecule has 24 heavy (non-hydrogen) atoms. The molecule has 0 radical (unpaired) electrons. The van der Waals surface area contributed by atoms with E-state index in [0.29, 0.717) is 28.9 Å². The molecule has 2 aliphatic carbocycles.